The minimum Gasteiger partial charge on any atom is -0.480 e. The van der Waals surface area contributed by atoms with Crippen LogP contribution in [0.3, 0.4) is 0 Å². The van der Waals surface area contributed by atoms with E-state index >= 15 is 0 Å². The quantitative estimate of drug-likeness (QED) is 0.662. The molecule has 0 saturated carbocycles. The number of nitrogens with zero attached hydrogens (tertiary/aromatic N) is 1. The molecule has 0 rings (SSSR count). The monoisotopic (exact) mass is 302 g/mol. The fourth-order valence-corrected chi connectivity index (χ4v) is 1.73. The van der Waals surface area contributed by atoms with E-state index in [1.54, 1.807) is 27.7 Å². The number of rotatable bonds is 8. The van der Waals surface area contributed by atoms with E-state index in [1.165, 1.54) is 4.90 Å². The van der Waals surface area contributed by atoms with Crippen LogP contribution in [0.15, 0.2) is 0 Å². The molecule has 7 nitrogen and oxygen atoms in total. The largest absolute Gasteiger partial charge is 0.480 e. The lowest BCUT2D eigenvalue weighted by molar-refractivity contribution is -0.144. The summed E-state index contributed by atoms with van der Waals surface area (Å²) in [7, 11) is 0. The van der Waals surface area contributed by atoms with Gasteiger partial charge in [0.15, 0.2) is 0 Å². The van der Waals surface area contributed by atoms with Crippen molar-refractivity contribution >= 4 is 18.0 Å². The number of carbonyl (C=O) groups is 3. The maximum absolute atomic E-state index is 12.2. The molecule has 0 aliphatic rings. The Morgan fingerprint density at radius 1 is 1.19 bits per heavy atom. The van der Waals surface area contributed by atoms with Crippen LogP contribution in [0.4, 0.5) is 4.79 Å². The summed E-state index contributed by atoms with van der Waals surface area (Å²) in [5.74, 6) is -1.81. The van der Waals surface area contributed by atoms with Crippen LogP contribution in [0.2, 0.25) is 0 Å². The van der Waals surface area contributed by atoms with Crippen LogP contribution in [-0.2, 0) is 14.3 Å². The Kier molecular flexibility index (Phi) is 8.42. The number of nitrogens with one attached hydrogen (secondary N) is 1. The second kappa shape index (κ2) is 9.20. The van der Waals surface area contributed by atoms with Crippen molar-refractivity contribution in [3.63, 3.8) is 0 Å². The molecule has 0 aromatic carbocycles. The average molecular weight is 302 g/mol. The molecule has 0 spiro atoms. The molecule has 0 heterocycles. The van der Waals surface area contributed by atoms with Crippen LogP contribution in [0.5, 0.6) is 0 Å². The summed E-state index contributed by atoms with van der Waals surface area (Å²) >= 11 is 0. The number of hydrogen-bond donors (Lipinski definition) is 2. The number of carbonyl (C=O) groups excluding carboxylic acids is 2. The van der Waals surface area contributed by atoms with Gasteiger partial charge in [-0.1, -0.05) is 20.3 Å². The number of ether oxygens (including phenoxy) is 1. The first-order valence-electron chi connectivity index (χ1n) is 7.20. The van der Waals surface area contributed by atoms with Gasteiger partial charge in [-0.2, -0.15) is 0 Å². The zero-order valence-electron chi connectivity index (χ0n) is 13.4. The predicted molar refractivity (Wildman–Crippen MR) is 77.9 cm³/mol. The molecule has 0 aliphatic heterocycles. The van der Waals surface area contributed by atoms with E-state index in [2.05, 4.69) is 5.32 Å². The Labute approximate surface area is 125 Å². The summed E-state index contributed by atoms with van der Waals surface area (Å²) in [6.07, 6.45) is 0.622. The fourth-order valence-electron chi connectivity index (χ4n) is 1.73. The van der Waals surface area contributed by atoms with Crippen LogP contribution in [0.25, 0.3) is 0 Å². The number of amides is 2. The second-order valence-electron chi connectivity index (χ2n) is 5.18. The zero-order valence-corrected chi connectivity index (χ0v) is 13.4. The molecule has 7 heteroatoms. The van der Waals surface area contributed by atoms with Crippen molar-refractivity contribution in [2.45, 2.75) is 53.1 Å². The Morgan fingerprint density at radius 2 is 1.76 bits per heavy atom. The summed E-state index contributed by atoms with van der Waals surface area (Å²) < 4.78 is 4.82. The van der Waals surface area contributed by atoms with Crippen LogP contribution >= 0.6 is 0 Å². The average Bonchev–Trinajstić information content (AvgIpc) is 2.40. The third-order valence-electron chi connectivity index (χ3n) is 3.25. The maximum Gasteiger partial charge on any atom is 0.326 e. The number of carboxylic acid groups (broad SMARTS) is 1. The minimum atomic E-state index is -1.09. The molecule has 0 fully saturated rings. The Morgan fingerprint density at radius 3 is 2.14 bits per heavy atom. The normalized spacial score (nSPS) is 13.4. The van der Waals surface area contributed by atoms with E-state index in [1.807, 2.05) is 6.92 Å². The molecular weight excluding hydrogens is 276 g/mol. The Balaban J connectivity index is 4.88. The molecule has 2 N–H and O–H groups in total. The molecule has 2 atom stereocenters. The SMILES string of the molecule is CCOC(=O)CN(C(=O)N[C@H](C(=O)O)C(C)CC)C(C)C. The molecule has 0 aliphatic carbocycles. The lowest BCUT2D eigenvalue weighted by Crippen LogP contribution is -2.53. The number of aliphatic carboxylic acids is 1. The van der Waals surface area contributed by atoms with E-state index < -0.39 is 24.0 Å². The third kappa shape index (κ3) is 6.46. The molecule has 0 aromatic rings. The van der Waals surface area contributed by atoms with E-state index in [0.717, 1.165) is 0 Å². The smallest absolute Gasteiger partial charge is 0.326 e. The summed E-state index contributed by atoms with van der Waals surface area (Å²) in [5.41, 5.74) is 0. The highest BCUT2D eigenvalue weighted by Crippen LogP contribution is 2.09. The first kappa shape index (κ1) is 19.2. The van der Waals surface area contributed by atoms with Gasteiger partial charge in [-0.15, -0.1) is 0 Å². The molecule has 2 amide bonds. The van der Waals surface area contributed by atoms with Gasteiger partial charge in [0.25, 0.3) is 0 Å². The zero-order chi connectivity index (χ0) is 16.6. The Bertz CT molecular complexity index is 370. The van der Waals surface area contributed by atoms with Crippen LogP contribution < -0.4 is 5.32 Å². The molecule has 0 aromatic heterocycles. The molecule has 122 valence electrons. The standard InChI is InChI=1S/C14H26N2O5/c1-6-10(5)12(13(18)19)15-14(20)16(9(3)4)8-11(17)21-7-2/h9-10,12H,6-8H2,1-5H3,(H,15,20)(H,18,19)/t10?,12-/m0/s1. The summed E-state index contributed by atoms with van der Waals surface area (Å²) in [5, 5.41) is 11.7. The summed E-state index contributed by atoms with van der Waals surface area (Å²) in [6.45, 7) is 8.81. The number of esters is 1. The maximum atomic E-state index is 12.2. The van der Waals surface area contributed by atoms with Gasteiger partial charge in [0.05, 0.1) is 6.61 Å². The number of hydrogen-bond acceptors (Lipinski definition) is 4. The first-order valence-corrected chi connectivity index (χ1v) is 7.20. The van der Waals surface area contributed by atoms with Gasteiger partial charge in [-0.25, -0.2) is 9.59 Å². The molecule has 0 bridgehead atoms. The van der Waals surface area contributed by atoms with Gasteiger partial charge in [-0.05, 0) is 26.7 Å². The lowest BCUT2D eigenvalue weighted by atomic mass is 9.99. The highest BCUT2D eigenvalue weighted by molar-refractivity contribution is 5.85. The molecule has 0 saturated heterocycles. The molecule has 0 radical (unpaired) electrons. The molecule has 1 unspecified atom stereocenters. The van der Waals surface area contributed by atoms with Gasteiger partial charge in [0.1, 0.15) is 12.6 Å². The lowest BCUT2D eigenvalue weighted by Gasteiger charge is -2.29. The van der Waals surface area contributed by atoms with Crippen molar-refractivity contribution in [1.82, 2.24) is 10.2 Å². The highest BCUT2D eigenvalue weighted by Gasteiger charge is 2.29. The van der Waals surface area contributed by atoms with Crippen molar-refractivity contribution in [3.05, 3.63) is 0 Å². The minimum absolute atomic E-state index is 0.204. The molecular formula is C14H26N2O5. The van der Waals surface area contributed by atoms with E-state index in [-0.39, 0.29) is 25.1 Å². The van der Waals surface area contributed by atoms with Gasteiger partial charge in [0, 0.05) is 6.04 Å². The summed E-state index contributed by atoms with van der Waals surface area (Å²) in [6, 6.07) is -1.81. The third-order valence-corrected chi connectivity index (χ3v) is 3.25. The number of urea groups is 1. The van der Waals surface area contributed by atoms with E-state index in [0.29, 0.717) is 6.42 Å². The first-order chi connectivity index (χ1) is 9.74. The summed E-state index contributed by atoms with van der Waals surface area (Å²) in [4.78, 5) is 36.2. The van der Waals surface area contributed by atoms with Gasteiger partial charge in [0.2, 0.25) is 0 Å². The number of carboxylic acids is 1. The van der Waals surface area contributed by atoms with Crippen molar-refractivity contribution in [1.29, 1.82) is 0 Å². The van der Waals surface area contributed by atoms with Crippen molar-refractivity contribution in [3.8, 4) is 0 Å². The van der Waals surface area contributed by atoms with Gasteiger partial charge in [-0.3, -0.25) is 4.79 Å². The van der Waals surface area contributed by atoms with E-state index in [9.17, 15) is 19.5 Å². The van der Waals surface area contributed by atoms with Crippen molar-refractivity contribution < 1.29 is 24.2 Å². The fraction of sp³-hybridized carbons (Fsp3) is 0.786. The highest BCUT2D eigenvalue weighted by atomic mass is 16.5. The van der Waals surface area contributed by atoms with Crippen LogP contribution in [-0.4, -0.2) is 53.2 Å². The predicted octanol–water partition coefficient (Wildman–Crippen LogP) is 1.47. The van der Waals surface area contributed by atoms with Crippen molar-refractivity contribution in [2.24, 2.45) is 5.92 Å². The van der Waals surface area contributed by atoms with Crippen molar-refractivity contribution in [2.75, 3.05) is 13.2 Å². The van der Waals surface area contributed by atoms with E-state index in [4.69, 9.17) is 4.74 Å². The van der Waals surface area contributed by atoms with Gasteiger partial charge >= 0.3 is 18.0 Å². The van der Waals surface area contributed by atoms with Crippen LogP contribution in [0.1, 0.15) is 41.0 Å². The molecule has 21 heavy (non-hydrogen) atoms. The van der Waals surface area contributed by atoms with Crippen LogP contribution in [0, 0.1) is 5.92 Å². The topological polar surface area (TPSA) is 95.9 Å². The second-order valence-corrected chi connectivity index (χ2v) is 5.18. The Hall–Kier alpha value is -1.79. The van der Waals surface area contributed by atoms with Gasteiger partial charge < -0.3 is 20.1 Å².